The minimum absolute atomic E-state index is 0.0290. The Bertz CT molecular complexity index is 477. The van der Waals surface area contributed by atoms with Crippen molar-refractivity contribution in [2.24, 2.45) is 4.99 Å². The Morgan fingerprint density at radius 2 is 1.88 bits per heavy atom. The van der Waals surface area contributed by atoms with Crippen molar-refractivity contribution in [2.75, 3.05) is 11.5 Å². The van der Waals surface area contributed by atoms with Gasteiger partial charge in [0.1, 0.15) is 5.69 Å². The van der Waals surface area contributed by atoms with Gasteiger partial charge in [-0.1, -0.05) is 13.0 Å². The summed E-state index contributed by atoms with van der Waals surface area (Å²) in [6, 6.07) is 3.33. The molecule has 0 unspecified atom stereocenters. The lowest BCUT2D eigenvalue weighted by atomic mass is 10.3. The molecule has 0 heterocycles. The number of hydrogen-bond acceptors (Lipinski definition) is 3. The first kappa shape index (κ1) is 12.8. The Hall–Kier alpha value is -1.30. The van der Waals surface area contributed by atoms with Crippen LogP contribution in [-0.4, -0.2) is 26.1 Å². The maximum atomic E-state index is 13.0. The minimum atomic E-state index is -3.21. The zero-order valence-corrected chi connectivity index (χ0v) is 9.47. The van der Waals surface area contributed by atoms with Gasteiger partial charge in [-0.15, -0.1) is 0 Å². The molecule has 0 bridgehead atoms. The van der Waals surface area contributed by atoms with Crippen LogP contribution in [0.15, 0.2) is 23.2 Å². The zero-order chi connectivity index (χ0) is 12.2. The molecule has 0 atom stereocenters. The number of halogens is 2. The van der Waals surface area contributed by atoms with Crippen LogP contribution in [0.25, 0.3) is 0 Å². The average Bonchev–Trinajstić information content (AvgIpc) is 2.22. The summed E-state index contributed by atoms with van der Waals surface area (Å²) in [6.45, 7) is 1.49. The fourth-order valence-electron chi connectivity index (χ4n) is 0.972. The maximum absolute atomic E-state index is 13.0. The fraction of sp³-hybridized carbons (Fsp3) is 0.300. The molecule has 6 heteroatoms. The number of rotatable bonds is 4. The van der Waals surface area contributed by atoms with Crippen LogP contribution in [0, 0.1) is 11.6 Å². The van der Waals surface area contributed by atoms with E-state index >= 15 is 0 Å². The highest BCUT2D eigenvalue weighted by Gasteiger charge is 2.07. The van der Waals surface area contributed by atoms with E-state index in [4.69, 9.17) is 0 Å². The van der Waals surface area contributed by atoms with Crippen LogP contribution < -0.4 is 0 Å². The van der Waals surface area contributed by atoms with Crippen molar-refractivity contribution in [3.05, 3.63) is 29.8 Å². The molecular weight excluding hydrogens is 236 g/mol. The molecule has 0 spiro atoms. The molecule has 1 aromatic rings. The summed E-state index contributed by atoms with van der Waals surface area (Å²) in [6.07, 6.45) is 1.00. The van der Waals surface area contributed by atoms with Gasteiger partial charge in [0.15, 0.2) is 21.5 Å². The minimum Gasteiger partial charge on any atom is -0.254 e. The molecule has 1 rings (SSSR count). The van der Waals surface area contributed by atoms with Gasteiger partial charge in [-0.25, -0.2) is 17.2 Å². The van der Waals surface area contributed by atoms with E-state index in [1.54, 1.807) is 0 Å². The van der Waals surface area contributed by atoms with Crippen molar-refractivity contribution in [1.82, 2.24) is 0 Å². The van der Waals surface area contributed by atoms with Crippen LogP contribution in [0.4, 0.5) is 14.5 Å². The molecule has 0 N–H and O–H groups in total. The van der Waals surface area contributed by atoms with Gasteiger partial charge >= 0.3 is 0 Å². The van der Waals surface area contributed by atoms with Crippen molar-refractivity contribution in [3.63, 3.8) is 0 Å². The van der Waals surface area contributed by atoms with Gasteiger partial charge in [0.25, 0.3) is 0 Å². The molecule has 0 aliphatic rings. The molecule has 0 aliphatic heterocycles. The quantitative estimate of drug-likeness (QED) is 0.765. The highest BCUT2D eigenvalue weighted by molar-refractivity contribution is 7.91. The first-order chi connectivity index (χ1) is 7.46. The summed E-state index contributed by atoms with van der Waals surface area (Å²) < 4.78 is 48.3. The smallest absolute Gasteiger partial charge is 0.155 e. The van der Waals surface area contributed by atoms with E-state index < -0.39 is 27.2 Å². The molecule has 0 amide bonds. The Balaban J connectivity index is 2.86. The molecule has 0 radical (unpaired) electrons. The predicted octanol–water partition coefficient (Wildman–Crippen LogP) is 2.10. The highest BCUT2D eigenvalue weighted by Crippen LogP contribution is 2.20. The Morgan fingerprint density at radius 3 is 2.38 bits per heavy atom. The van der Waals surface area contributed by atoms with E-state index in [1.807, 2.05) is 0 Å². The molecule has 0 aromatic heterocycles. The van der Waals surface area contributed by atoms with E-state index in [0.717, 1.165) is 18.3 Å². The third-order valence-electron chi connectivity index (χ3n) is 1.93. The van der Waals surface area contributed by atoms with Crippen LogP contribution in [0.5, 0.6) is 0 Å². The number of aliphatic imine (C=N–C) groups is 1. The van der Waals surface area contributed by atoms with Crippen molar-refractivity contribution < 1.29 is 17.2 Å². The normalized spacial score (nSPS) is 12.2. The number of nitrogens with zero attached hydrogens (tertiary/aromatic N) is 1. The van der Waals surface area contributed by atoms with E-state index in [2.05, 4.69) is 4.99 Å². The van der Waals surface area contributed by atoms with E-state index in [-0.39, 0.29) is 11.5 Å². The second-order valence-electron chi connectivity index (χ2n) is 3.08. The molecule has 3 nitrogen and oxygen atoms in total. The van der Waals surface area contributed by atoms with Crippen LogP contribution >= 0.6 is 0 Å². The summed E-state index contributed by atoms with van der Waals surface area (Å²) in [7, 11) is -3.21. The lowest BCUT2D eigenvalue weighted by Gasteiger charge is -1.98. The lowest BCUT2D eigenvalue weighted by Crippen LogP contribution is -2.09. The Morgan fingerprint density at radius 1 is 1.31 bits per heavy atom. The number of sulfone groups is 1. The second-order valence-corrected chi connectivity index (χ2v) is 5.48. The summed E-state index contributed by atoms with van der Waals surface area (Å²) in [5, 5.41) is 0. The van der Waals surface area contributed by atoms with Gasteiger partial charge in [0.2, 0.25) is 0 Å². The van der Waals surface area contributed by atoms with Crippen LogP contribution in [0.1, 0.15) is 6.92 Å². The van der Waals surface area contributed by atoms with Crippen molar-refractivity contribution >= 4 is 21.7 Å². The molecule has 16 heavy (non-hydrogen) atoms. The standard InChI is InChI=1S/C10H11F2NO2S/c1-2-16(14,15)7-6-13-10-8(11)4-3-5-9(10)12/h3-6H,2,7H2,1H3. The fourth-order valence-corrected chi connectivity index (χ4v) is 1.51. The van der Waals surface area contributed by atoms with Crippen LogP contribution in [-0.2, 0) is 9.84 Å². The van der Waals surface area contributed by atoms with Gasteiger partial charge in [-0.2, -0.15) is 0 Å². The third-order valence-corrected chi connectivity index (χ3v) is 3.46. The number of hydrogen-bond donors (Lipinski definition) is 0. The molecule has 1 aromatic carbocycles. The largest absolute Gasteiger partial charge is 0.254 e. The van der Waals surface area contributed by atoms with Gasteiger partial charge in [-0.3, -0.25) is 4.99 Å². The summed E-state index contributed by atoms with van der Waals surface area (Å²) in [5.74, 6) is -1.98. The van der Waals surface area contributed by atoms with Gasteiger partial charge in [0, 0.05) is 12.0 Å². The Kier molecular flexibility index (Phi) is 4.12. The maximum Gasteiger partial charge on any atom is 0.155 e. The van der Waals surface area contributed by atoms with Crippen molar-refractivity contribution in [3.8, 4) is 0 Å². The number of benzene rings is 1. The molecule has 0 fully saturated rings. The van der Waals surface area contributed by atoms with Crippen molar-refractivity contribution in [2.45, 2.75) is 6.92 Å². The van der Waals surface area contributed by atoms with Gasteiger partial charge in [0.05, 0.1) is 5.75 Å². The zero-order valence-electron chi connectivity index (χ0n) is 8.65. The Labute approximate surface area is 92.7 Å². The van der Waals surface area contributed by atoms with Crippen molar-refractivity contribution in [1.29, 1.82) is 0 Å². The predicted molar refractivity (Wildman–Crippen MR) is 58.8 cm³/mol. The first-order valence-electron chi connectivity index (χ1n) is 4.63. The van der Waals surface area contributed by atoms with E-state index in [0.29, 0.717) is 0 Å². The lowest BCUT2D eigenvalue weighted by molar-refractivity contribution is 0.587. The third kappa shape index (κ3) is 3.37. The molecule has 0 aliphatic carbocycles. The van der Waals surface area contributed by atoms with E-state index in [1.165, 1.54) is 13.0 Å². The van der Waals surface area contributed by atoms with Gasteiger partial charge < -0.3 is 0 Å². The van der Waals surface area contributed by atoms with Crippen LogP contribution in [0.2, 0.25) is 0 Å². The molecule has 0 saturated carbocycles. The average molecular weight is 247 g/mol. The number of para-hydroxylation sites is 1. The summed E-state index contributed by atoms with van der Waals surface area (Å²) >= 11 is 0. The SMILES string of the molecule is CCS(=O)(=O)CC=Nc1c(F)cccc1F. The monoisotopic (exact) mass is 247 g/mol. The topological polar surface area (TPSA) is 46.5 Å². The summed E-state index contributed by atoms with van der Waals surface area (Å²) in [4.78, 5) is 3.48. The molecule has 88 valence electrons. The highest BCUT2D eigenvalue weighted by atomic mass is 32.2. The van der Waals surface area contributed by atoms with Gasteiger partial charge in [-0.05, 0) is 12.1 Å². The van der Waals surface area contributed by atoms with Crippen LogP contribution in [0.3, 0.4) is 0 Å². The second kappa shape index (κ2) is 5.16. The molecular formula is C10H11F2NO2S. The first-order valence-corrected chi connectivity index (χ1v) is 6.45. The molecule has 0 saturated heterocycles. The summed E-state index contributed by atoms with van der Waals surface area (Å²) in [5.41, 5.74) is -0.464. The van der Waals surface area contributed by atoms with E-state index in [9.17, 15) is 17.2 Å².